The lowest BCUT2D eigenvalue weighted by Crippen LogP contribution is -2.60. The van der Waals surface area contributed by atoms with E-state index in [1.165, 1.54) is 19.3 Å². The first-order valence-corrected chi connectivity index (χ1v) is 11.2. The topological polar surface area (TPSA) is 59.0 Å². The van der Waals surface area contributed by atoms with E-state index in [9.17, 15) is 4.79 Å². The predicted molar refractivity (Wildman–Crippen MR) is 116 cm³/mol. The average Bonchev–Trinajstić information content (AvgIpc) is 2.95. The third-order valence-electron chi connectivity index (χ3n) is 6.96. The second kappa shape index (κ2) is 7.21. The number of benzene rings is 1. The van der Waals surface area contributed by atoms with E-state index in [0.29, 0.717) is 22.4 Å². The maximum atomic E-state index is 12.8. The highest BCUT2D eigenvalue weighted by atomic mass is 35.5. The van der Waals surface area contributed by atoms with Gasteiger partial charge in [-0.3, -0.25) is 10.00 Å². The minimum atomic E-state index is -0.133. The van der Waals surface area contributed by atoms with E-state index >= 15 is 0 Å². The van der Waals surface area contributed by atoms with Crippen LogP contribution in [0.15, 0.2) is 24.3 Å². The Morgan fingerprint density at radius 3 is 2.38 bits per heavy atom. The van der Waals surface area contributed by atoms with Crippen molar-refractivity contribution in [2.24, 2.45) is 17.8 Å². The molecule has 6 rings (SSSR count). The molecule has 5 nitrogen and oxygen atoms in total. The van der Waals surface area contributed by atoms with Crippen molar-refractivity contribution in [3.05, 3.63) is 45.6 Å². The second-order valence-electron chi connectivity index (χ2n) is 9.35. The van der Waals surface area contributed by atoms with Gasteiger partial charge in [0.1, 0.15) is 0 Å². The number of hydrogen-bond donors (Lipinski definition) is 2. The van der Waals surface area contributed by atoms with E-state index in [2.05, 4.69) is 15.7 Å². The lowest BCUT2D eigenvalue weighted by molar-refractivity contribution is -0.0127. The number of carbonyl (C=O) groups is 1. The average molecular weight is 433 g/mol. The molecule has 4 saturated carbocycles. The Hall–Kier alpha value is -1.72. The van der Waals surface area contributed by atoms with Crippen LogP contribution in [0, 0.1) is 24.7 Å². The molecule has 4 aliphatic rings. The summed E-state index contributed by atoms with van der Waals surface area (Å²) in [6.45, 7) is 2.55. The molecule has 1 aromatic heterocycles. The molecular formula is C22H26Cl2N4O. The third kappa shape index (κ3) is 3.87. The van der Waals surface area contributed by atoms with Crippen LogP contribution in [0.5, 0.6) is 0 Å². The van der Waals surface area contributed by atoms with Crippen LogP contribution < -0.4 is 10.6 Å². The molecule has 29 heavy (non-hydrogen) atoms. The van der Waals surface area contributed by atoms with E-state index < -0.39 is 0 Å². The zero-order valence-electron chi connectivity index (χ0n) is 16.5. The number of aromatic nitrogens is 2. The number of carbonyl (C=O) groups excluding carboxylic acids is 1. The molecular weight excluding hydrogens is 407 g/mol. The monoisotopic (exact) mass is 432 g/mol. The summed E-state index contributed by atoms with van der Waals surface area (Å²) in [5.41, 5.74) is 1.98. The largest absolute Gasteiger partial charge is 0.332 e. The molecule has 0 atom stereocenters. The quantitative estimate of drug-likeness (QED) is 0.656. The molecule has 154 valence electrons. The van der Waals surface area contributed by atoms with Crippen molar-refractivity contribution in [2.45, 2.75) is 57.5 Å². The first kappa shape index (κ1) is 19.3. The van der Waals surface area contributed by atoms with Crippen LogP contribution in [0.3, 0.4) is 0 Å². The summed E-state index contributed by atoms with van der Waals surface area (Å²) in [7, 11) is 0. The number of halogens is 2. The first-order chi connectivity index (χ1) is 13.9. The van der Waals surface area contributed by atoms with Crippen molar-refractivity contribution in [1.82, 2.24) is 15.1 Å². The number of anilines is 1. The lowest BCUT2D eigenvalue weighted by Gasteiger charge is -2.56. The molecule has 0 aliphatic heterocycles. The number of urea groups is 1. The van der Waals surface area contributed by atoms with Gasteiger partial charge in [0, 0.05) is 17.3 Å². The summed E-state index contributed by atoms with van der Waals surface area (Å²) in [5, 5.41) is 11.9. The fraction of sp³-hybridized carbons (Fsp3) is 0.545. The van der Waals surface area contributed by atoms with Crippen LogP contribution in [0.25, 0.3) is 0 Å². The Morgan fingerprint density at radius 2 is 1.76 bits per heavy atom. The standard InChI is InChI=1S/C22H26Cl2N4O/c1-13-4-20(27-28(13)12-14-2-3-18(23)19(24)8-14)25-21(29)26-22-9-15-5-16(10-22)7-17(6-15)11-22/h2-4,8,15-17H,5-7,9-12H2,1H3,(H2,25,26,27,29). The number of rotatable bonds is 4. The molecule has 1 heterocycles. The van der Waals surface area contributed by atoms with Crippen LogP contribution in [0.2, 0.25) is 10.0 Å². The van der Waals surface area contributed by atoms with Crippen molar-refractivity contribution in [2.75, 3.05) is 5.32 Å². The highest BCUT2D eigenvalue weighted by molar-refractivity contribution is 6.42. The van der Waals surface area contributed by atoms with Crippen molar-refractivity contribution in [3.8, 4) is 0 Å². The first-order valence-electron chi connectivity index (χ1n) is 10.4. The van der Waals surface area contributed by atoms with Gasteiger partial charge in [0.15, 0.2) is 5.82 Å². The lowest BCUT2D eigenvalue weighted by atomic mass is 9.53. The summed E-state index contributed by atoms with van der Waals surface area (Å²) in [6.07, 6.45) is 7.49. The summed E-state index contributed by atoms with van der Waals surface area (Å²) in [6, 6.07) is 7.33. The van der Waals surface area contributed by atoms with Gasteiger partial charge in [-0.05, 0) is 80.9 Å². The number of amides is 2. The van der Waals surface area contributed by atoms with Crippen molar-refractivity contribution >= 4 is 35.1 Å². The van der Waals surface area contributed by atoms with E-state index in [-0.39, 0.29) is 11.6 Å². The number of nitrogens with zero attached hydrogens (tertiary/aromatic N) is 2. The Labute approximate surface area is 181 Å². The van der Waals surface area contributed by atoms with Crippen molar-refractivity contribution in [1.29, 1.82) is 0 Å². The Balaban J connectivity index is 1.25. The fourth-order valence-electron chi connectivity index (χ4n) is 6.19. The Morgan fingerprint density at radius 1 is 1.10 bits per heavy atom. The van der Waals surface area contributed by atoms with Gasteiger partial charge in [-0.2, -0.15) is 5.10 Å². The summed E-state index contributed by atoms with van der Waals surface area (Å²) in [4.78, 5) is 12.8. The van der Waals surface area contributed by atoms with Crippen LogP contribution in [-0.4, -0.2) is 21.4 Å². The smallest absolute Gasteiger partial charge is 0.320 e. The van der Waals surface area contributed by atoms with Gasteiger partial charge in [0.25, 0.3) is 0 Å². The zero-order valence-corrected chi connectivity index (χ0v) is 18.1. The molecule has 4 fully saturated rings. The Kier molecular flexibility index (Phi) is 4.78. The SMILES string of the molecule is Cc1cc(NC(=O)NC23CC4CC(CC(C4)C2)C3)nn1Cc1ccc(Cl)c(Cl)c1. The molecule has 7 heteroatoms. The number of hydrogen-bond acceptors (Lipinski definition) is 2. The number of aryl methyl sites for hydroxylation is 1. The minimum absolute atomic E-state index is 0.00347. The summed E-state index contributed by atoms with van der Waals surface area (Å²) >= 11 is 12.1. The zero-order chi connectivity index (χ0) is 20.2. The Bertz CT molecular complexity index is 919. The van der Waals surface area contributed by atoms with Gasteiger partial charge in [-0.15, -0.1) is 0 Å². The highest BCUT2D eigenvalue weighted by Gasteiger charge is 2.51. The van der Waals surface area contributed by atoms with Gasteiger partial charge >= 0.3 is 6.03 Å². The second-order valence-corrected chi connectivity index (χ2v) is 10.2. The summed E-state index contributed by atoms with van der Waals surface area (Å²) in [5.74, 6) is 2.97. The van der Waals surface area contributed by atoms with Gasteiger partial charge in [0.2, 0.25) is 0 Å². The molecule has 4 bridgehead atoms. The van der Waals surface area contributed by atoms with Crippen molar-refractivity contribution < 1.29 is 4.79 Å². The normalized spacial score (nSPS) is 29.8. The molecule has 0 unspecified atom stereocenters. The van der Waals surface area contributed by atoms with Gasteiger partial charge in [-0.1, -0.05) is 29.3 Å². The maximum Gasteiger partial charge on any atom is 0.320 e. The molecule has 1 aromatic carbocycles. The fourth-order valence-corrected chi connectivity index (χ4v) is 6.52. The maximum absolute atomic E-state index is 12.8. The van der Waals surface area contributed by atoms with Gasteiger partial charge in [-0.25, -0.2) is 4.79 Å². The van der Waals surface area contributed by atoms with Gasteiger partial charge in [0.05, 0.1) is 16.6 Å². The molecule has 2 aromatic rings. The highest BCUT2D eigenvalue weighted by Crippen LogP contribution is 2.55. The van der Waals surface area contributed by atoms with E-state index in [0.717, 1.165) is 48.3 Å². The molecule has 0 spiro atoms. The molecule has 0 saturated heterocycles. The van der Waals surface area contributed by atoms with Crippen LogP contribution in [0.1, 0.15) is 49.8 Å². The molecule has 4 aliphatic carbocycles. The predicted octanol–water partition coefficient (Wildman–Crippen LogP) is 5.64. The molecule has 0 radical (unpaired) electrons. The third-order valence-corrected chi connectivity index (χ3v) is 7.70. The molecule has 2 amide bonds. The molecule has 2 N–H and O–H groups in total. The van der Waals surface area contributed by atoms with E-state index in [4.69, 9.17) is 23.2 Å². The van der Waals surface area contributed by atoms with Gasteiger partial charge < -0.3 is 5.32 Å². The minimum Gasteiger partial charge on any atom is -0.332 e. The van der Waals surface area contributed by atoms with Crippen LogP contribution in [-0.2, 0) is 6.54 Å². The van der Waals surface area contributed by atoms with Crippen LogP contribution >= 0.6 is 23.2 Å². The van der Waals surface area contributed by atoms with E-state index in [1.807, 2.05) is 29.8 Å². The number of nitrogens with one attached hydrogen (secondary N) is 2. The summed E-state index contributed by atoms with van der Waals surface area (Å²) < 4.78 is 1.86. The van der Waals surface area contributed by atoms with Crippen molar-refractivity contribution in [3.63, 3.8) is 0 Å². The van der Waals surface area contributed by atoms with E-state index in [1.54, 1.807) is 6.07 Å². The van der Waals surface area contributed by atoms with Crippen LogP contribution in [0.4, 0.5) is 10.6 Å².